The first-order valence-electron chi connectivity index (χ1n) is 6.94. The van der Waals surface area contributed by atoms with Crippen LogP contribution in [0.2, 0.25) is 0 Å². The van der Waals surface area contributed by atoms with Crippen molar-refractivity contribution < 1.29 is 9.53 Å². The minimum absolute atomic E-state index is 0.263. The van der Waals surface area contributed by atoms with E-state index in [1.807, 2.05) is 31.2 Å². The highest BCUT2D eigenvalue weighted by Gasteiger charge is 2.35. The minimum atomic E-state index is -0.811. The molecule has 0 bridgehead atoms. The zero-order valence-corrected chi connectivity index (χ0v) is 12.3. The lowest BCUT2D eigenvalue weighted by molar-refractivity contribution is -0.148. The lowest BCUT2D eigenvalue weighted by Crippen LogP contribution is -2.47. The lowest BCUT2D eigenvalue weighted by Gasteiger charge is -2.28. The van der Waals surface area contributed by atoms with Crippen molar-refractivity contribution >= 4 is 16.7 Å². The molecule has 3 nitrogen and oxygen atoms in total. The molecule has 0 spiro atoms. The summed E-state index contributed by atoms with van der Waals surface area (Å²) in [5.74, 6) is -0.263. The number of carbonyl (C=O) groups is 1. The van der Waals surface area contributed by atoms with Crippen molar-refractivity contribution in [1.29, 1.82) is 0 Å². The fraction of sp³-hybridized carbons (Fsp3) is 0.353. The highest BCUT2D eigenvalue weighted by atomic mass is 16.5. The number of rotatable bonds is 5. The van der Waals surface area contributed by atoms with E-state index < -0.39 is 5.54 Å². The number of nitrogens with one attached hydrogen (secondary N) is 1. The first-order chi connectivity index (χ1) is 9.61. The Balaban J connectivity index is 2.47. The maximum atomic E-state index is 12.2. The SMILES string of the molecule is CCCNC(C)(C(=O)OC)c1ccc2ccccc2c1. The molecule has 0 heterocycles. The maximum Gasteiger partial charge on any atom is 0.330 e. The molecule has 106 valence electrons. The summed E-state index contributed by atoms with van der Waals surface area (Å²) in [6, 6.07) is 14.2. The zero-order chi connectivity index (χ0) is 14.6. The van der Waals surface area contributed by atoms with Crippen molar-refractivity contribution in [3.05, 3.63) is 48.0 Å². The van der Waals surface area contributed by atoms with Gasteiger partial charge >= 0.3 is 5.97 Å². The summed E-state index contributed by atoms with van der Waals surface area (Å²) in [4.78, 5) is 12.2. The Morgan fingerprint density at radius 2 is 1.90 bits per heavy atom. The Kier molecular flexibility index (Phi) is 4.40. The van der Waals surface area contributed by atoms with E-state index in [4.69, 9.17) is 4.74 Å². The number of carbonyl (C=O) groups excluding carboxylic acids is 1. The van der Waals surface area contributed by atoms with E-state index in [1.165, 1.54) is 12.5 Å². The second-order valence-corrected chi connectivity index (χ2v) is 5.11. The summed E-state index contributed by atoms with van der Waals surface area (Å²) in [5, 5.41) is 5.59. The second-order valence-electron chi connectivity index (χ2n) is 5.11. The normalized spacial score (nSPS) is 13.9. The average molecular weight is 271 g/mol. The van der Waals surface area contributed by atoms with E-state index in [9.17, 15) is 4.79 Å². The minimum Gasteiger partial charge on any atom is -0.467 e. The highest BCUT2D eigenvalue weighted by molar-refractivity contribution is 5.87. The van der Waals surface area contributed by atoms with Crippen LogP contribution in [0.5, 0.6) is 0 Å². The number of ether oxygens (including phenoxy) is 1. The zero-order valence-electron chi connectivity index (χ0n) is 12.3. The molecule has 0 amide bonds. The van der Waals surface area contributed by atoms with E-state index in [0.29, 0.717) is 0 Å². The highest BCUT2D eigenvalue weighted by Crippen LogP contribution is 2.26. The van der Waals surface area contributed by atoms with Crippen molar-refractivity contribution in [2.45, 2.75) is 25.8 Å². The summed E-state index contributed by atoms with van der Waals surface area (Å²) in [6.45, 7) is 4.71. The summed E-state index contributed by atoms with van der Waals surface area (Å²) in [7, 11) is 1.43. The number of hydrogen-bond donors (Lipinski definition) is 1. The molecule has 0 radical (unpaired) electrons. The summed E-state index contributed by atoms with van der Waals surface area (Å²) >= 11 is 0. The van der Waals surface area contributed by atoms with Crippen LogP contribution in [0.3, 0.4) is 0 Å². The van der Waals surface area contributed by atoms with Crippen LogP contribution < -0.4 is 5.32 Å². The third kappa shape index (κ3) is 2.68. The molecule has 2 aromatic rings. The van der Waals surface area contributed by atoms with Gasteiger partial charge in [-0.15, -0.1) is 0 Å². The predicted molar refractivity (Wildman–Crippen MR) is 81.6 cm³/mol. The smallest absolute Gasteiger partial charge is 0.330 e. The molecule has 0 aromatic heterocycles. The van der Waals surface area contributed by atoms with Gasteiger partial charge in [-0.25, -0.2) is 4.79 Å². The average Bonchev–Trinajstić information content (AvgIpc) is 2.51. The number of hydrogen-bond acceptors (Lipinski definition) is 3. The van der Waals surface area contributed by atoms with Crippen molar-refractivity contribution in [3.63, 3.8) is 0 Å². The van der Waals surface area contributed by atoms with Gasteiger partial charge in [-0.05, 0) is 42.3 Å². The molecule has 20 heavy (non-hydrogen) atoms. The van der Waals surface area contributed by atoms with E-state index in [0.717, 1.165) is 23.9 Å². The molecule has 0 aliphatic rings. The predicted octanol–water partition coefficient (Wildman–Crippen LogP) is 3.23. The molecular weight excluding hydrogens is 250 g/mol. The summed E-state index contributed by atoms with van der Waals surface area (Å²) in [6.07, 6.45) is 0.958. The standard InChI is InChI=1S/C17H21NO2/c1-4-11-18-17(2,16(19)20-3)15-10-9-13-7-5-6-8-14(13)12-15/h5-10,12,18H,4,11H2,1-3H3. The maximum absolute atomic E-state index is 12.2. The van der Waals surface area contributed by atoms with E-state index in [2.05, 4.69) is 30.4 Å². The monoisotopic (exact) mass is 271 g/mol. The molecule has 0 aliphatic carbocycles. The molecule has 0 aliphatic heterocycles. The number of methoxy groups -OCH3 is 1. The fourth-order valence-corrected chi connectivity index (χ4v) is 2.37. The molecule has 3 heteroatoms. The number of fused-ring (bicyclic) bond motifs is 1. The molecule has 0 saturated carbocycles. The van der Waals surface area contributed by atoms with Gasteiger partial charge in [0.25, 0.3) is 0 Å². The number of benzene rings is 2. The Labute approximate surface area is 119 Å². The summed E-state index contributed by atoms with van der Waals surface area (Å²) < 4.78 is 4.98. The van der Waals surface area contributed by atoms with Gasteiger partial charge in [0.1, 0.15) is 5.54 Å². The van der Waals surface area contributed by atoms with Gasteiger partial charge in [-0.2, -0.15) is 0 Å². The van der Waals surface area contributed by atoms with Gasteiger partial charge in [0, 0.05) is 0 Å². The number of esters is 1. The molecular formula is C17H21NO2. The Hall–Kier alpha value is -1.87. The first kappa shape index (κ1) is 14.5. The van der Waals surface area contributed by atoms with Gasteiger partial charge < -0.3 is 4.74 Å². The van der Waals surface area contributed by atoms with Crippen molar-refractivity contribution in [3.8, 4) is 0 Å². The Morgan fingerprint density at radius 1 is 1.20 bits per heavy atom. The van der Waals surface area contributed by atoms with Crippen LogP contribution in [0.25, 0.3) is 10.8 Å². The fourth-order valence-electron chi connectivity index (χ4n) is 2.37. The van der Waals surface area contributed by atoms with Gasteiger partial charge in [0.05, 0.1) is 7.11 Å². The van der Waals surface area contributed by atoms with Crippen molar-refractivity contribution in [2.24, 2.45) is 0 Å². The molecule has 1 N–H and O–H groups in total. The third-order valence-electron chi connectivity index (χ3n) is 3.65. The van der Waals surface area contributed by atoms with Crippen LogP contribution in [0.15, 0.2) is 42.5 Å². The van der Waals surface area contributed by atoms with Gasteiger partial charge in [-0.1, -0.05) is 43.3 Å². The molecule has 2 aromatic carbocycles. The van der Waals surface area contributed by atoms with Crippen LogP contribution in [0.1, 0.15) is 25.8 Å². The summed E-state index contributed by atoms with van der Waals surface area (Å²) in [5.41, 5.74) is 0.117. The second kappa shape index (κ2) is 6.06. The van der Waals surface area contributed by atoms with Crippen LogP contribution >= 0.6 is 0 Å². The van der Waals surface area contributed by atoms with Crippen LogP contribution in [0.4, 0.5) is 0 Å². The van der Waals surface area contributed by atoms with Gasteiger partial charge in [0.2, 0.25) is 0 Å². The topological polar surface area (TPSA) is 38.3 Å². The van der Waals surface area contributed by atoms with Gasteiger partial charge in [0.15, 0.2) is 0 Å². The molecule has 0 fully saturated rings. The van der Waals surface area contributed by atoms with Crippen LogP contribution in [-0.4, -0.2) is 19.6 Å². The van der Waals surface area contributed by atoms with E-state index in [-0.39, 0.29) is 5.97 Å². The lowest BCUT2D eigenvalue weighted by atomic mass is 9.90. The van der Waals surface area contributed by atoms with Crippen LogP contribution in [0, 0.1) is 0 Å². The van der Waals surface area contributed by atoms with Crippen molar-refractivity contribution in [1.82, 2.24) is 5.32 Å². The molecule has 1 unspecified atom stereocenters. The molecule has 0 saturated heterocycles. The molecule has 2 rings (SSSR count). The van der Waals surface area contributed by atoms with E-state index in [1.54, 1.807) is 0 Å². The quantitative estimate of drug-likeness (QED) is 0.848. The van der Waals surface area contributed by atoms with E-state index >= 15 is 0 Å². The molecule has 1 atom stereocenters. The third-order valence-corrected chi connectivity index (χ3v) is 3.65. The van der Waals surface area contributed by atoms with Crippen LogP contribution in [-0.2, 0) is 15.1 Å². The first-order valence-corrected chi connectivity index (χ1v) is 6.94. The van der Waals surface area contributed by atoms with Crippen molar-refractivity contribution in [2.75, 3.05) is 13.7 Å². The largest absolute Gasteiger partial charge is 0.467 e. The Morgan fingerprint density at radius 3 is 2.55 bits per heavy atom. The Bertz CT molecular complexity index is 609. The van der Waals surface area contributed by atoms with Gasteiger partial charge in [-0.3, -0.25) is 5.32 Å².